The number of aromatic nitrogens is 2. The molecule has 1 fully saturated rings. The van der Waals surface area contributed by atoms with Crippen LogP contribution in [0, 0.1) is 19.8 Å². The van der Waals surface area contributed by atoms with Crippen LogP contribution in [-0.2, 0) is 11.2 Å². The highest BCUT2D eigenvalue weighted by Crippen LogP contribution is 2.26. The van der Waals surface area contributed by atoms with Crippen LogP contribution in [0.15, 0.2) is 22.7 Å². The highest BCUT2D eigenvalue weighted by Gasteiger charge is 2.24. The predicted molar refractivity (Wildman–Crippen MR) is 83.3 cm³/mol. The van der Waals surface area contributed by atoms with E-state index in [1.54, 1.807) is 6.92 Å². The lowest BCUT2D eigenvalue weighted by Gasteiger charge is -2.14. The first-order chi connectivity index (χ1) is 10.5. The zero-order valence-electron chi connectivity index (χ0n) is 13.3. The van der Waals surface area contributed by atoms with Crippen LogP contribution < -0.4 is 0 Å². The molecule has 0 aliphatic carbocycles. The maximum absolute atomic E-state index is 11.4. The number of rotatable bonds is 3. The number of aryl methyl sites for hydroxylation is 2. The Morgan fingerprint density at radius 2 is 2.23 bits per heavy atom. The molecule has 1 aliphatic heterocycles. The van der Waals surface area contributed by atoms with Crippen LogP contribution >= 0.6 is 0 Å². The fourth-order valence-corrected chi connectivity index (χ4v) is 3.16. The lowest BCUT2D eigenvalue weighted by molar-refractivity contribution is -0.127. The first-order valence-electron chi connectivity index (χ1n) is 7.69. The van der Waals surface area contributed by atoms with E-state index in [0.29, 0.717) is 5.92 Å². The molecule has 2 aromatic heterocycles. The molecule has 1 atom stereocenters. The summed E-state index contributed by atoms with van der Waals surface area (Å²) >= 11 is 0. The zero-order valence-corrected chi connectivity index (χ0v) is 13.3. The highest BCUT2D eigenvalue weighted by atomic mass is 16.5. The van der Waals surface area contributed by atoms with E-state index in [9.17, 15) is 4.79 Å². The largest absolute Gasteiger partial charge is 0.361 e. The molecule has 2 aromatic rings. The summed E-state index contributed by atoms with van der Waals surface area (Å²) in [4.78, 5) is 18.1. The van der Waals surface area contributed by atoms with Gasteiger partial charge in [0, 0.05) is 25.7 Å². The van der Waals surface area contributed by atoms with Gasteiger partial charge in [0.05, 0.1) is 17.0 Å². The van der Waals surface area contributed by atoms with Gasteiger partial charge in [-0.2, -0.15) is 0 Å². The average molecular weight is 299 g/mol. The van der Waals surface area contributed by atoms with Gasteiger partial charge >= 0.3 is 0 Å². The minimum absolute atomic E-state index is 0.167. The Hall–Kier alpha value is -2.17. The van der Waals surface area contributed by atoms with E-state index in [0.717, 1.165) is 54.3 Å². The molecule has 0 unspecified atom stereocenters. The fourth-order valence-electron chi connectivity index (χ4n) is 3.16. The van der Waals surface area contributed by atoms with Crippen molar-refractivity contribution in [2.24, 2.45) is 5.92 Å². The minimum atomic E-state index is 0.167. The lowest BCUT2D eigenvalue weighted by Crippen LogP contribution is -2.26. The second kappa shape index (κ2) is 5.91. The smallest absolute Gasteiger partial charge is 0.219 e. The standard InChI is InChI=1S/C17H21N3O2/c1-11-17(12(2)22-19-11)16-6-4-5-15(18-16)9-14-7-8-20(10-14)13(3)21/h4-6,14H,7-10H2,1-3H3/t14-/m1/s1. The van der Waals surface area contributed by atoms with Crippen LogP contribution in [0.25, 0.3) is 11.3 Å². The van der Waals surface area contributed by atoms with Crippen molar-refractivity contribution in [2.45, 2.75) is 33.6 Å². The van der Waals surface area contributed by atoms with Gasteiger partial charge in [-0.15, -0.1) is 0 Å². The normalized spacial score (nSPS) is 18.0. The Balaban J connectivity index is 1.77. The van der Waals surface area contributed by atoms with E-state index in [1.807, 2.05) is 30.9 Å². The van der Waals surface area contributed by atoms with E-state index < -0.39 is 0 Å². The molecular weight excluding hydrogens is 278 g/mol. The Morgan fingerprint density at radius 3 is 2.86 bits per heavy atom. The van der Waals surface area contributed by atoms with Crippen molar-refractivity contribution in [1.82, 2.24) is 15.0 Å². The van der Waals surface area contributed by atoms with E-state index >= 15 is 0 Å². The van der Waals surface area contributed by atoms with E-state index in [2.05, 4.69) is 11.2 Å². The Bertz CT molecular complexity index is 673. The van der Waals surface area contributed by atoms with E-state index in [-0.39, 0.29) is 5.91 Å². The van der Waals surface area contributed by atoms with Gasteiger partial charge in [-0.1, -0.05) is 11.2 Å². The molecule has 22 heavy (non-hydrogen) atoms. The molecule has 0 radical (unpaired) electrons. The average Bonchev–Trinajstić information content (AvgIpc) is 3.06. The van der Waals surface area contributed by atoms with Crippen LogP contribution in [-0.4, -0.2) is 34.0 Å². The molecular formula is C17H21N3O2. The zero-order chi connectivity index (χ0) is 15.7. The molecule has 0 bridgehead atoms. The number of pyridine rings is 1. The molecule has 3 rings (SSSR count). The van der Waals surface area contributed by atoms with Crippen LogP contribution in [0.5, 0.6) is 0 Å². The van der Waals surface area contributed by atoms with Gasteiger partial charge < -0.3 is 9.42 Å². The maximum atomic E-state index is 11.4. The van der Waals surface area contributed by atoms with Crippen molar-refractivity contribution < 1.29 is 9.32 Å². The Labute approximate surface area is 130 Å². The number of hydrogen-bond acceptors (Lipinski definition) is 4. The van der Waals surface area contributed by atoms with Gasteiger partial charge in [0.1, 0.15) is 5.76 Å². The molecule has 0 spiro atoms. The third-order valence-corrected chi connectivity index (χ3v) is 4.33. The quantitative estimate of drug-likeness (QED) is 0.874. The number of amides is 1. The maximum Gasteiger partial charge on any atom is 0.219 e. The molecule has 0 N–H and O–H groups in total. The minimum Gasteiger partial charge on any atom is -0.361 e. The molecule has 0 saturated carbocycles. The van der Waals surface area contributed by atoms with Crippen LogP contribution in [0.1, 0.15) is 30.5 Å². The van der Waals surface area contributed by atoms with E-state index in [1.165, 1.54) is 0 Å². The third kappa shape index (κ3) is 2.89. The fraction of sp³-hybridized carbons (Fsp3) is 0.471. The summed E-state index contributed by atoms with van der Waals surface area (Å²) < 4.78 is 5.23. The summed E-state index contributed by atoms with van der Waals surface area (Å²) in [5.74, 6) is 1.46. The second-order valence-electron chi connectivity index (χ2n) is 6.04. The van der Waals surface area contributed by atoms with Crippen molar-refractivity contribution in [3.63, 3.8) is 0 Å². The van der Waals surface area contributed by atoms with Crippen molar-refractivity contribution >= 4 is 5.91 Å². The molecule has 3 heterocycles. The first kappa shape index (κ1) is 14.8. The number of carbonyl (C=O) groups excluding carboxylic acids is 1. The van der Waals surface area contributed by atoms with Crippen LogP contribution in [0.2, 0.25) is 0 Å². The third-order valence-electron chi connectivity index (χ3n) is 4.33. The molecule has 116 valence electrons. The molecule has 1 aliphatic rings. The van der Waals surface area contributed by atoms with Gasteiger partial charge in [-0.05, 0) is 44.7 Å². The van der Waals surface area contributed by atoms with Gasteiger partial charge in [0.15, 0.2) is 0 Å². The van der Waals surface area contributed by atoms with Gasteiger partial charge in [0.25, 0.3) is 0 Å². The molecule has 5 nitrogen and oxygen atoms in total. The van der Waals surface area contributed by atoms with Crippen molar-refractivity contribution in [3.05, 3.63) is 35.3 Å². The number of carbonyl (C=O) groups is 1. The van der Waals surface area contributed by atoms with Crippen molar-refractivity contribution in [3.8, 4) is 11.3 Å². The lowest BCUT2D eigenvalue weighted by atomic mass is 10.0. The van der Waals surface area contributed by atoms with Crippen molar-refractivity contribution in [2.75, 3.05) is 13.1 Å². The molecule has 5 heteroatoms. The van der Waals surface area contributed by atoms with Gasteiger partial charge in [-0.3, -0.25) is 9.78 Å². The molecule has 0 aromatic carbocycles. The van der Waals surface area contributed by atoms with Crippen LogP contribution in [0.4, 0.5) is 0 Å². The van der Waals surface area contributed by atoms with Crippen LogP contribution in [0.3, 0.4) is 0 Å². The van der Waals surface area contributed by atoms with Crippen molar-refractivity contribution in [1.29, 1.82) is 0 Å². The Morgan fingerprint density at radius 1 is 1.41 bits per heavy atom. The molecule has 1 amide bonds. The first-order valence-corrected chi connectivity index (χ1v) is 7.69. The highest BCUT2D eigenvalue weighted by molar-refractivity contribution is 5.73. The molecule has 1 saturated heterocycles. The second-order valence-corrected chi connectivity index (χ2v) is 6.04. The SMILES string of the molecule is CC(=O)N1CC[C@H](Cc2cccc(-c3c(C)noc3C)n2)C1. The Kier molecular flexibility index (Phi) is 3.96. The monoisotopic (exact) mass is 299 g/mol. The van der Waals surface area contributed by atoms with Gasteiger partial charge in [0.2, 0.25) is 5.91 Å². The summed E-state index contributed by atoms with van der Waals surface area (Å²) in [7, 11) is 0. The van der Waals surface area contributed by atoms with E-state index in [4.69, 9.17) is 9.51 Å². The summed E-state index contributed by atoms with van der Waals surface area (Å²) in [6.07, 6.45) is 1.96. The summed E-state index contributed by atoms with van der Waals surface area (Å²) in [6.45, 7) is 7.18. The number of nitrogens with zero attached hydrogens (tertiary/aromatic N) is 3. The summed E-state index contributed by atoms with van der Waals surface area (Å²) in [5, 5.41) is 4.00. The predicted octanol–water partition coefficient (Wildman–Crippen LogP) is 2.76. The summed E-state index contributed by atoms with van der Waals surface area (Å²) in [5.41, 5.74) is 3.83. The summed E-state index contributed by atoms with van der Waals surface area (Å²) in [6, 6.07) is 6.08. The number of hydrogen-bond donors (Lipinski definition) is 0. The van der Waals surface area contributed by atoms with Gasteiger partial charge in [-0.25, -0.2) is 0 Å². The number of likely N-dealkylation sites (tertiary alicyclic amines) is 1. The topological polar surface area (TPSA) is 59.2 Å².